The molecular weight excluding hydrogens is 810 g/mol. The number of carbonyl (C=O) groups excluding carboxylic acids is 3. The second-order valence-corrected chi connectivity index (χ2v) is 15.6. The Kier molecular flexibility index (Phi) is 14.5. The molecule has 1 aromatic heterocycles. The number of benzene rings is 3. The molecular formula is C41H49BrClN3O10. The summed E-state index contributed by atoms with van der Waals surface area (Å²) in [7, 11) is 1.45. The quantitative estimate of drug-likeness (QED) is 0.0630. The van der Waals surface area contributed by atoms with E-state index in [0.717, 1.165) is 32.2 Å². The average Bonchev–Trinajstić information content (AvgIpc) is 3.48. The lowest BCUT2D eigenvalue weighted by Gasteiger charge is -2.34. The van der Waals surface area contributed by atoms with Gasteiger partial charge in [-0.1, -0.05) is 37.8 Å². The van der Waals surface area contributed by atoms with Crippen molar-refractivity contribution >= 4 is 61.6 Å². The van der Waals surface area contributed by atoms with Crippen molar-refractivity contribution in [3.05, 3.63) is 92.0 Å². The predicted octanol–water partition coefficient (Wildman–Crippen LogP) is 3.96. The highest BCUT2D eigenvalue weighted by atomic mass is 79.9. The molecule has 4 aromatic rings. The van der Waals surface area contributed by atoms with E-state index in [1.54, 1.807) is 49.4 Å². The Morgan fingerprint density at radius 1 is 0.893 bits per heavy atom. The van der Waals surface area contributed by atoms with Crippen molar-refractivity contribution in [2.24, 2.45) is 0 Å². The van der Waals surface area contributed by atoms with Crippen molar-refractivity contribution in [1.82, 2.24) is 9.47 Å². The monoisotopic (exact) mass is 857 g/mol. The second kappa shape index (κ2) is 18.7. The maximum absolute atomic E-state index is 13.6. The van der Waals surface area contributed by atoms with Gasteiger partial charge in [0.2, 0.25) is 0 Å². The van der Waals surface area contributed by atoms with Gasteiger partial charge in [-0.3, -0.25) is 23.9 Å². The number of nitrogen functional groups attached to an aromatic ring is 1. The van der Waals surface area contributed by atoms with Crippen LogP contribution in [-0.4, -0.2) is 114 Å². The maximum Gasteiger partial charge on any atom is 0.262 e. The smallest absolute Gasteiger partial charge is 0.262 e. The number of ether oxygens (including phenoxy) is 1. The predicted molar refractivity (Wildman–Crippen MR) is 215 cm³/mol. The molecule has 1 fully saturated rings. The van der Waals surface area contributed by atoms with Crippen LogP contribution in [0.1, 0.15) is 76.6 Å². The summed E-state index contributed by atoms with van der Waals surface area (Å²) in [5, 5.41) is 66.1. The van der Waals surface area contributed by atoms with Crippen LogP contribution in [0.25, 0.3) is 10.9 Å². The number of carbonyl (C=O) groups is 3. The maximum atomic E-state index is 13.6. The lowest BCUT2D eigenvalue weighted by atomic mass is 9.90. The van der Waals surface area contributed by atoms with Crippen LogP contribution in [0.4, 0.5) is 5.69 Å². The fraction of sp³-hybridized carbons (Fsp3) is 0.439. The molecule has 0 bridgehead atoms. The average molecular weight is 859 g/mol. The van der Waals surface area contributed by atoms with Crippen molar-refractivity contribution < 1.29 is 49.8 Å². The highest BCUT2D eigenvalue weighted by Crippen LogP contribution is 2.33. The Labute approximate surface area is 338 Å². The lowest BCUT2D eigenvalue weighted by Crippen LogP contribution is -2.55. The zero-order chi connectivity index (χ0) is 41.0. The van der Waals surface area contributed by atoms with Crippen LogP contribution in [0.2, 0.25) is 5.02 Å². The van der Waals surface area contributed by atoms with E-state index in [2.05, 4.69) is 20.8 Å². The number of Topliss-reactive ketones (excluding diaryl/α,β-unsaturated/α-hetero) is 2. The Morgan fingerprint density at radius 3 is 2.12 bits per heavy atom. The molecule has 0 spiro atoms. The van der Waals surface area contributed by atoms with Crippen molar-refractivity contribution in [1.29, 1.82) is 0 Å². The van der Waals surface area contributed by atoms with Crippen molar-refractivity contribution in [2.75, 3.05) is 19.4 Å². The van der Waals surface area contributed by atoms with Crippen molar-refractivity contribution in [2.45, 2.75) is 102 Å². The molecule has 1 aliphatic carbocycles. The van der Waals surface area contributed by atoms with Crippen LogP contribution in [0.15, 0.2) is 59.1 Å². The number of methoxy groups -OCH3 is 1. The first-order chi connectivity index (χ1) is 26.6. The Hall–Kier alpha value is -3.70. The first-order valence-corrected chi connectivity index (χ1v) is 19.7. The fourth-order valence-corrected chi connectivity index (χ4v) is 8.11. The van der Waals surface area contributed by atoms with Gasteiger partial charge in [0.1, 0.15) is 42.4 Å². The number of hydrogen-bond acceptors (Lipinski definition) is 12. The minimum atomic E-state index is -2.39. The van der Waals surface area contributed by atoms with E-state index in [1.807, 2.05) is 6.92 Å². The molecule has 5 rings (SSSR count). The number of aliphatic hydroxyl groups excluding tert-OH is 6. The van der Waals surface area contributed by atoms with Crippen LogP contribution in [0.5, 0.6) is 5.75 Å². The van der Waals surface area contributed by atoms with Gasteiger partial charge in [-0.15, -0.1) is 0 Å². The van der Waals surface area contributed by atoms with Gasteiger partial charge in [0.15, 0.2) is 11.6 Å². The zero-order valence-corrected chi connectivity index (χ0v) is 33.8. The molecule has 56 heavy (non-hydrogen) atoms. The lowest BCUT2D eigenvalue weighted by molar-refractivity contribution is -0.158. The number of nitrogens with zero attached hydrogens (tertiary/aromatic N) is 2. The number of aliphatic hydroxyl groups is 6. The number of halogens is 2. The Morgan fingerprint density at radius 2 is 1.52 bits per heavy atom. The first-order valence-electron chi connectivity index (χ1n) is 18.5. The number of rotatable bonds is 16. The molecule has 2 unspecified atom stereocenters. The molecule has 13 nitrogen and oxygen atoms in total. The largest absolute Gasteiger partial charge is 0.497 e. The van der Waals surface area contributed by atoms with Gasteiger partial charge in [0.25, 0.3) is 5.91 Å². The minimum Gasteiger partial charge on any atom is -0.497 e. The van der Waals surface area contributed by atoms with E-state index in [-0.39, 0.29) is 5.56 Å². The molecule has 3 aromatic carbocycles. The van der Waals surface area contributed by atoms with E-state index < -0.39 is 60.5 Å². The summed E-state index contributed by atoms with van der Waals surface area (Å²) >= 11 is 9.39. The van der Waals surface area contributed by atoms with Gasteiger partial charge in [-0.25, -0.2) is 0 Å². The van der Waals surface area contributed by atoms with Gasteiger partial charge in [-0.05, 0) is 108 Å². The van der Waals surface area contributed by atoms with E-state index in [0.29, 0.717) is 66.8 Å². The van der Waals surface area contributed by atoms with Crippen LogP contribution >= 0.6 is 27.5 Å². The van der Waals surface area contributed by atoms with Crippen LogP contribution in [-0.2, 0) is 17.8 Å². The van der Waals surface area contributed by atoms with Gasteiger partial charge in [0, 0.05) is 50.7 Å². The van der Waals surface area contributed by atoms with Gasteiger partial charge in [-0.2, -0.15) is 0 Å². The molecule has 1 heterocycles. The molecule has 8 N–H and O–H groups in total. The summed E-state index contributed by atoms with van der Waals surface area (Å²) in [6.07, 6.45) is -8.99. The van der Waals surface area contributed by atoms with Crippen LogP contribution in [0.3, 0.4) is 0 Å². The molecule has 1 aliphatic rings. The highest BCUT2D eigenvalue weighted by Gasteiger charge is 2.41. The molecule has 6 atom stereocenters. The van der Waals surface area contributed by atoms with E-state index in [4.69, 9.17) is 22.1 Å². The van der Waals surface area contributed by atoms with E-state index in [9.17, 15) is 45.0 Å². The SMILES string of the molecule is CCN(Cc1cc(C(=O)C(O)[C@@H](O)[C@@H](O)[C@H](O)[C@H](O)C(O)C(=O)Cc2c(C)n(C(=O)c3ccc(Cl)cc3)c3ccc(OC)cc23)cc(Br)c1N)C1CCCCC1. The summed E-state index contributed by atoms with van der Waals surface area (Å²) in [5.74, 6) is -1.98. The second-order valence-electron chi connectivity index (χ2n) is 14.3. The molecule has 0 amide bonds. The third-order valence-corrected chi connectivity index (χ3v) is 11.8. The number of anilines is 1. The molecule has 0 saturated heterocycles. The highest BCUT2D eigenvalue weighted by molar-refractivity contribution is 9.10. The van der Waals surface area contributed by atoms with E-state index in [1.165, 1.54) is 30.2 Å². The molecule has 1 saturated carbocycles. The van der Waals surface area contributed by atoms with Crippen molar-refractivity contribution in [3.8, 4) is 5.75 Å². The Balaban J connectivity index is 1.31. The summed E-state index contributed by atoms with van der Waals surface area (Å²) in [4.78, 5) is 42.9. The summed E-state index contributed by atoms with van der Waals surface area (Å²) in [6.45, 7) is 4.85. The summed E-state index contributed by atoms with van der Waals surface area (Å²) in [5.41, 5.74) is 8.81. The number of ketones is 2. The normalized spacial score (nSPS) is 17.0. The Bertz CT molecular complexity index is 2050. The van der Waals surface area contributed by atoms with Crippen molar-refractivity contribution in [3.63, 3.8) is 0 Å². The first kappa shape index (κ1) is 43.4. The standard InChI is InChI=1S/C41H49BrClN3O10/c1-4-45(26-8-6-5-7-9-26)20-24-16-23(17-30(42)33(24)44)34(48)36(50)38(52)40(54)39(53)37(51)35(49)32(47)19-28-21(2)46(31-15-14-27(56-3)18-29(28)31)41(55)22-10-12-25(43)13-11-22/h10-18,26,35-40,49-54H,4-9,19-20,44H2,1-3H3/t35?,36?,37-,38-,39-,40-/m1/s1. The third-order valence-electron chi connectivity index (χ3n) is 10.9. The molecule has 302 valence electrons. The number of hydrogen-bond donors (Lipinski definition) is 7. The number of aromatic nitrogens is 1. The molecule has 0 radical (unpaired) electrons. The summed E-state index contributed by atoms with van der Waals surface area (Å²) in [6, 6.07) is 14.4. The minimum absolute atomic E-state index is 0.0227. The molecule has 0 aliphatic heterocycles. The zero-order valence-electron chi connectivity index (χ0n) is 31.4. The topological polar surface area (TPSA) is 216 Å². The van der Waals surface area contributed by atoms with Crippen LogP contribution in [0, 0.1) is 6.92 Å². The fourth-order valence-electron chi connectivity index (χ4n) is 7.48. The van der Waals surface area contributed by atoms with E-state index >= 15 is 0 Å². The molecule has 15 heteroatoms. The van der Waals surface area contributed by atoms with Gasteiger partial charge >= 0.3 is 0 Å². The van der Waals surface area contributed by atoms with Gasteiger partial charge < -0.3 is 41.1 Å². The van der Waals surface area contributed by atoms with Gasteiger partial charge in [0.05, 0.1) is 18.3 Å². The number of nitrogens with two attached hydrogens (primary N) is 1. The van der Waals surface area contributed by atoms with Crippen LogP contribution < -0.4 is 10.5 Å². The third kappa shape index (κ3) is 9.20. The summed E-state index contributed by atoms with van der Waals surface area (Å²) < 4.78 is 7.15. The number of fused-ring (bicyclic) bond motifs is 1.